The van der Waals surface area contributed by atoms with Crippen LogP contribution >= 0.6 is 0 Å². The Balaban J connectivity index is 1.97. The number of rotatable bonds is 9. The molecule has 0 aromatic heterocycles. The molecule has 1 atom stereocenters. The monoisotopic (exact) mass is 210 g/mol. The molecule has 0 amide bonds. The molecule has 0 heteroatoms. The van der Waals surface area contributed by atoms with Crippen LogP contribution in [-0.2, 0) is 0 Å². The van der Waals surface area contributed by atoms with Crippen molar-refractivity contribution in [1.29, 1.82) is 0 Å². The van der Waals surface area contributed by atoms with Crippen molar-refractivity contribution in [3.8, 4) is 0 Å². The van der Waals surface area contributed by atoms with Gasteiger partial charge in [0.2, 0.25) is 0 Å². The Morgan fingerprint density at radius 3 is 2.07 bits per heavy atom. The van der Waals surface area contributed by atoms with Crippen LogP contribution < -0.4 is 0 Å². The van der Waals surface area contributed by atoms with Gasteiger partial charge in [0.1, 0.15) is 0 Å². The van der Waals surface area contributed by atoms with Crippen LogP contribution in [0.25, 0.3) is 0 Å². The standard InChI is InChI=1S/C15H30/c1-4-5-6-7-8-9-10-15(13(2)3)14-11-12-14/h13-15H,4-12H2,1-3H3. The predicted octanol–water partition coefficient (Wildman–Crippen LogP) is 5.42. The normalized spacial score (nSPS) is 18.4. The third-order valence-corrected chi connectivity index (χ3v) is 3.97. The fourth-order valence-corrected chi connectivity index (χ4v) is 2.80. The van der Waals surface area contributed by atoms with E-state index < -0.39 is 0 Å². The smallest absolute Gasteiger partial charge is 0.0363 e. The van der Waals surface area contributed by atoms with Crippen molar-refractivity contribution in [1.82, 2.24) is 0 Å². The first-order valence-corrected chi connectivity index (χ1v) is 7.25. The first kappa shape index (κ1) is 13.1. The molecule has 0 aromatic carbocycles. The van der Waals surface area contributed by atoms with Gasteiger partial charge in [0, 0.05) is 0 Å². The Morgan fingerprint density at radius 2 is 1.53 bits per heavy atom. The van der Waals surface area contributed by atoms with E-state index in [0.29, 0.717) is 0 Å². The first-order chi connectivity index (χ1) is 7.25. The fourth-order valence-electron chi connectivity index (χ4n) is 2.80. The molecule has 1 unspecified atom stereocenters. The lowest BCUT2D eigenvalue weighted by Gasteiger charge is -2.20. The third kappa shape index (κ3) is 5.58. The average Bonchev–Trinajstić information content (AvgIpc) is 3.00. The summed E-state index contributed by atoms with van der Waals surface area (Å²) < 4.78 is 0. The van der Waals surface area contributed by atoms with E-state index in [-0.39, 0.29) is 0 Å². The Labute approximate surface area is 96.8 Å². The molecule has 0 saturated heterocycles. The molecule has 0 N–H and O–H groups in total. The zero-order valence-electron chi connectivity index (χ0n) is 11.1. The Kier molecular flexibility index (Phi) is 6.36. The van der Waals surface area contributed by atoms with Crippen LogP contribution in [0.5, 0.6) is 0 Å². The predicted molar refractivity (Wildman–Crippen MR) is 69.0 cm³/mol. The number of hydrogen-bond acceptors (Lipinski definition) is 0. The van der Waals surface area contributed by atoms with E-state index in [1.807, 2.05) is 0 Å². The van der Waals surface area contributed by atoms with Crippen LogP contribution in [0.2, 0.25) is 0 Å². The maximum Gasteiger partial charge on any atom is -0.0363 e. The lowest BCUT2D eigenvalue weighted by molar-refractivity contribution is 0.306. The molecule has 0 spiro atoms. The van der Waals surface area contributed by atoms with Crippen molar-refractivity contribution in [2.75, 3.05) is 0 Å². The number of unbranched alkanes of at least 4 members (excludes halogenated alkanes) is 5. The molecular weight excluding hydrogens is 180 g/mol. The second-order valence-electron chi connectivity index (χ2n) is 5.80. The summed E-state index contributed by atoms with van der Waals surface area (Å²) in [5.74, 6) is 3.09. The van der Waals surface area contributed by atoms with E-state index in [4.69, 9.17) is 0 Å². The lowest BCUT2D eigenvalue weighted by Crippen LogP contribution is -2.10. The van der Waals surface area contributed by atoms with Crippen molar-refractivity contribution >= 4 is 0 Å². The average molecular weight is 210 g/mol. The maximum atomic E-state index is 2.42. The van der Waals surface area contributed by atoms with Crippen LogP contribution in [0, 0.1) is 17.8 Å². The van der Waals surface area contributed by atoms with Gasteiger partial charge in [-0.1, -0.05) is 59.3 Å². The molecule has 90 valence electrons. The Hall–Kier alpha value is 0. The van der Waals surface area contributed by atoms with E-state index in [9.17, 15) is 0 Å². The quantitative estimate of drug-likeness (QED) is 0.446. The summed E-state index contributed by atoms with van der Waals surface area (Å²) in [6.45, 7) is 7.13. The van der Waals surface area contributed by atoms with Gasteiger partial charge in [0.15, 0.2) is 0 Å². The molecule has 1 rings (SSSR count). The van der Waals surface area contributed by atoms with Gasteiger partial charge >= 0.3 is 0 Å². The van der Waals surface area contributed by atoms with Crippen LogP contribution in [0.1, 0.15) is 78.6 Å². The van der Waals surface area contributed by atoms with Crippen LogP contribution in [0.4, 0.5) is 0 Å². The van der Waals surface area contributed by atoms with Gasteiger partial charge < -0.3 is 0 Å². The minimum absolute atomic E-state index is 0.924. The van der Waals surface area contributed by atoms with Crippen molar-refractivity contribution in [3.63, 3.8) is 0 Å². The van der Waals surface area contributed by atoms with E-state index in [1.54, 1.807) is 0 Å². The molecule has 0 aliphatic heterocycles. The summed E-state index contributed by atoms with van der Waals surface area (Å²) >= 11 is 0. The van der Waals surface area contributed by atoms with Gasteiger partial charge in [-0.15, -0.1) is 0 Å². The fraction of sp³-hybridized carbons (Fsp3) is 1.00. The molecule has 15 heavy (non-hydrogen) atoms. The minimum atomic E-state index is 0.924. The van der Waals surface area contributed by atoms with E-state index >= 15 is 0 Å². The van der Waals surface area contributed by atoms with Gasteiger partial charge in [-0.05, 0) is 37.0 Å². The molecule has 0 aromatic rings. The zero-order valence-corrected chi connectivity index (χ0v) is 11.1. The SMILES string of the molecule is CCCCCCCCC(C(C)C)C1CC1. The van der Waals surface area contributed by atoms with Crippen LogP contribution in [-0.4, -0.2) is 0 Å². The van der Waals surface area contributed by atoms with E-state index in [2.05, 4.69) is 20.8 Å². The first-order valence-electron chi connectivity index (χ1n) is 7.25. The van der Waals surface area contributed by atoms with Gasteiger partial charge in [-0.2, -0.15) is 0 Å². The Morgan fingerprint density at radius 1 is 0.933 bits per heavy atom. The number of hydrogen-bond donors (Lipinski definition) is 0. The highest BCUT2D eigenvalue weighted by Gasteiger charge is 2.32. The highest BCUT2D eigenvalue weighted by molar-refractivity contribution is 4.82. The summed E-state index contributed by atoms with van der Waals surface area (Å²) in [5, 5.41) is 0. The topological polar surface area (TPSA) is 0 Å². The van der Waals surface area contributed by atoms with Gasteiger partial charge in [0.25, 0.3) is 0 Å². The van der Waals surface area contributed by atoms with Crippen molar-refractivity contribution < 1.29 is 0 Å². The molecule has 0 bridgehead atoms. The summed E-state index contributed by atoms with van der Waals surface area (Å²) in [6.07, 6.45) is 13.3. The molecule has 1 aliphatic carbocycles. The van der Waals surface area contributed by atoms with E-state index in [1.165, 1.54) is 57.8 Å². The summed E-state index contributed by atoms with van der Waals surface area (Å²) in [7, 11) is 0. The molecule has 0 radical (unpaired) electrons. The van der Waals surface area contributed by atoms with Crippen LogP contribution in [0.3, 0.4) is 0 Å². The highest BCUT2D eigenvalue weighted by atomic mass is 14.4. The summed E-state index contributed by atoms with van der Waals surface area (Å²) in [4.78, 5) is 0. The highest BCUT2D eigenvalue weighted by Crippen LogP contribution is 2.42. The zero-order chi connectivity index (χ0) is 11.1. The largest absolute Gasteiger partial charge is 0.0654 e. The van der Waals surface area contributed by atoms with Crippen molar-refractivity contribution in [2.24, 2.45) is 17.8 Å². The van der Waals surface area contributed by atoms with Gasteiger partial charge in [-0.3, -0.25) is 0 Å². The molecule has 0 heterocycles. The second kappa shape index (κ2) is 7.30. The minimum Gasteiger partial charge on any atom is -0.0654 e. The van der Waals surface area contributed by atoms with E-state index in [0.717, 1.165) is 17.8 Å². The van der Waals surface area contributed by atoms with Gasteiger partial charge in [0.05, 0.1) is 0 Å². The van der Waals surface area contributed by atoms with Crippen molar-refractivity contribution in [3.05, 3.63) is 0 Å². The molecule has 0 nitrogen and oxygen atoms in total. The van der Waals surface area contributed by atoms with Crippen molar-refractivity contribution in [2.45, 2.75) is 78.6 Å². The molecular formula is C15H30. The molecule has 1 aliphatic rings. The maximum absolute atomic E-state index is 2.42. The third-order valence-electron chi connectivity index (χ3n) is 3.97. The van der Waals surface area contributed by atoms with Crippen LogP contribution in [0.15, 0.2) is 0 Å². The Bertz CT molecular complexity index is 142. The second-order valence-corrected chi connectivity index (χ2v) is 5.80. The van der Waals surface area contributed by atoms with Gasteiger partial charge in [-0.25, -0.2) is 0 Å². The lowest BCUT2D eigenvalue weighted by atomic mass is 9.86. The molecule has 1 saturated carbocycles. The summed E-state index contributed by atoms with van der Waals surface area (Å²) in [6, 6.07) is 0. The molecule has 1 fully saturated rings. The summed E-state index contributed by atoms with van der Waals surface area (Å²) in [5.41, 5.74) is 0.